The summed E-state index contributed by atoms with van der Waals surface area (Å²) in [5.74, 6) is 0.553. The fourth-order valence-electron chi connectivity index (χ4n) is 1.42. The fourth-order valence-corrected chi connectivity index (χ4v) is 1.66. The second-order valence-electron chi connectivity index (χ2n) is 3.95. The number of hydrogen-bond acceptors (Lipinski definition) is 6. The molecule has 0 fully saturated rings. The third kappa shape index (κ3) is 6.33. The Morgan fingerprint density at radius 2 is 1.90 bits per heavy atom. The minimum Gasteiger partial charge on any atom is -0.488 e. The number of aliphatic hydroxyl groups excluding tert-OH is 2. The van der Waals surface area contributed by atoms with Gasteiger partial charge in [-0.15, -0.1) is 0 Å². The Balaban J connectivity index is 2.41. The topological polar surface area (TPSA) is 73.1 Å². The van der Waals surface area contributed by atoms with Crippen molar-refractivity contribution in [1.82, 2.24) is 4.73 Å². The summed E-state index contributed by atoms with van der Waals surface area (Å²) in [5, 5.41) is 17.3. The van der Waals surface area contributed by atoms with Gasteiger partial charge in [-0.05, 0) is 25.0 Å². The van der Waals surface area contributed by atoms with Crippen LogP contribution in [-0.2, 0) is 4.74 Å². The summed E-state index contributed by atoms with van der Waals surface area (Å²) in [6, 6.07) is 3.55. The molecule has 1 aromatic heterocycles. The Labute approximate surface area is 123 Å². The molecule has 2 N–H and O–H groups in total. The van der Waals surface area contributed by atoms with Crippen molar-refractivity contribution in [2.45, 2.75) is 12.8 Å². The summed E-state index contributed by atoms with van der Waals surface area (Å²) in [6.45, 7) is 1.69. The van der Waals surface area contributed by atoms with Crippen molar-refractivity contribution in [3.05, 3.63) is 23.0 Å². The Morgan fingerprint density at radius 1 is 1.05 bits per heavy atom. The Bertz CT molecular complexity index is 423. The van der Waals surface area contributed by atoms with E-state index < -0.39 is 0 Å². The monoisotopic (exact) mass is 303 g/mol. The number of rotatable bonds is 11. The Kier molecular flexibility index (Phi) is 8.97. The number of hydrogen-bond donors (Lipinski definition) is 2. The molecule has 20 heavy (non-hydrogen) atoms. The van der Waals surface area contributed by atoms with Gasteiger partial charge in [0.15, 0.2) is 10.4 Å². The van der Waals surface area contributed by atoms with Gasteiger partial charge in [-0.2, -0.15) is 4.73 Å². The van der Waals surface area contributed by atoms with E-state index in [2.05, 4.69) is 0 Å². The van der Waals surface area contributed by atoms with Gasteiger partial charge in [-0.3, -0.25) is 0 Å². The number of pyridine rings is 1. The molecule has 0 saturated carbocycles. The van der Waals surface area contributed by atoms with Crippen molar-refractivity contribution in [2.24, 2.45) is 0 Å². The molecule has 0 amide bonds. The molecule has 0 saturated heterocycles. The van der Waals surface area contributed by atoms with Crippen molar-refractivity contribution < 1.29 is 24.5 Å². The molecular formula is C13H21NO5S. The van der Waals surface area contributed by atoms with Crippen molar-refractivity contribution in [1.29, 1.82) is 0 Å². The highest BCUT2D eigenvalue weighted by Crippen LogP contribution is 2.12. The van der Waals surface area contributed by atoms with Gasteiger partial charge < -0.3 is 24.5 Å². The number of unbranched alkanes of at least 4 members (excludes halogenated alkanes) is 1. The lowest BCUT2D eigenvalue weighted by molar-refractivity contribution is 0.0678. The van der Waals surface area contributed by atoms with Gasteiger partial charge in [0.05, 0.1) is 19.8 Å². The standard InChI is InChI=1S/C13H21NO5S/c15-6-1-2-8-19-14-5-3-4-12(13(14)20)18-11-10-17-9-7-16/h3-5,15-16H,1-2,6-11H2. The smallest absolute Gasteiger partial charge is 0.184 e. The third-order valence-corrected chi connectivity index (χ3v) is 2.76. The molecule has 0 aliphatic heterocycles. The second-order valence-corrected chi connectivity index (χ2v) is 4.34. The molecule has 1 rings (SSSR count). The van der Waals surface area contributed by atoms with E-state index in [-0.39, 0.29) is 13.2 Å². The summed E-state index contributed by atoms with van der Waals surface area (Å²) in [6.07, 6.45) is 3.18. The maximum Gasteiger partial charge on any atom is 0.184 e. The third-order valence-electron chi connectivity index (χ3n) is 2.38. The molecule has 0 spiro atoms. The number of nitrogens with zero attached hydrogens (tertiary/aromatic N) is 1. The van der Waals surface area contributed by atoms with E-state index in [0.717, 1.165) is 6.42 Å². The predicted octanol–water partition coefficient (Wildman–Crippen LogP) is 0.806. The molecule has 114 valence electrons. The molecule has 0 atom stereocenters. The molecule has 1 heterocycles. The van der Waals surface area contributed by atoms with E-state index in [0.29, 0.717) is 43.2 Å². The van der Waals surface area contributed by atoms with Crippen molar-refractivity contribution >= 4 is 12.2 Å². The van der Waals surface area contributed by atoms with Crippen LogP contribution in [0.4, 0.5) is 0 Å². The first kappa shape index (κ1) is 16.9. The van der Waals surface area contributed by atoms with Gasteiger partial charge in [-0.25, -0.2) is 0 Å². The van der Waals surface area contributed by atoms with Gasteiger partial charge in [0.25, 0.3) is 0 Å². The lowest BCUT2D eigenvalue weighted by Gasteiger charge is -2.12. The average Bonchev–Trinajstić information content (AvgIpc) is 2.46. The summed E-state index contributed by atoms with van der Waals surface area (Å²) < 4.78 is 12.5. The van der Waals surface area contributed by atoms with E-state index in [4.69, 9.17) is 36.7 Å². The van der Waals surface area contributed by atoms with Crippen LogP contribution < -0.4 is 9.57 Å². The van der Waals surface area contributed by atoms with Gasteiger partial charge in [0, 0.05) is 12.8 Å². The molecule has 0 aliphatic rings. The Hall–Kier alpha value is -1.15. The van der Waals surface area contributed by atoms with Crippen molar-refractivity contribution in [3.8, 4) is 5.75 Å². The van der Waals surface area contributed by atoms with Gasteiger partial charge in [0.2, 0.25) is 0 Å². The van der Waals surface area contributed by atoms with Crippen molar-refractivity contribution in [2.75, 3.05) is 39.6 Å². The highest BCUT2D eigenvalue weighted by molar-refractivity contribution is 7.71. The maximum absolute atomic E-state index is 8.69. The summed E-state index contributed by atoms with van der Waals surface area (Å²) in [5.41, 5.74) is 0. The summed E-state index contributed by atoms with van der Waals surface area (Å²) >= 11 is 5.25. The van der Waals surface area contributed by atoms with Crippen molar-refractivity contribution in [3.63, 3.8) is 0 Å². The molecule has 0 aliphatic carbocycles. The van der Waals surface area contributed by atoms with Crippen LogP contribution in [0.3, 0.4) is 0 Å². The fraction of sp³-hybridized carbons (Fsp3) is 0.615. The van der Waals surface area contributed by atoms with Crippen LogP contribution in [0.1, 0.15) is 12.8 Å². The molecule has 7 heteroatoms. The highest BCUT2D eigenvalue weighted by atomic mass is 32.1. The first-order valence-electron chi connectivity index (χ1n) is 6.57. The van der Waals surface area contributed by atoms with Crippen LogP contribution in [0.2, 0.25) is 0 Å². The largest absolute Gasteiger partial charge is 0.488 e. The first-order chi connectivity index (χ1) is 9.79. The predicted molar refractivity (Wildman–Crippen MR) is 76.4 cm³/mol. The minimum atomic E-state index is -0.000690. The van der Waals surface area contributed by atoms with Crippen LogP contribution in [-0.4, -0.2) is 54.6 Å². The number of aromatic nitrogens is 1. The lowest BCUT2D eigenvalue weighted by atomic mass is 10.3. The van der Waals surface area contributed by atoms with E-state index in [1.807, 2.05) is 0 Å². The van der Waals surface area contributed by atoms with Crippen LogP contribution in [0.15, 0.2) is 18.3 Å². The van der Waals surface area contributed by atoms with Crippen LogP contribution in [0.25, 0.3) is 0 Å². The quantitative estimate of drug-likeness (QED) is 0.465. The molecule has 0 radical (unpaired) electrons. The number of aliphatic hydroxyl groups is 2. The van der Waals surface area contributed by atoms with E-state index >= 15 is 0 Å². The summed E-state index contributed by atoms with van der Waals surface area (Å²) in [7, 11) is 0. The van der Waals surface area contributed by atoms with E-state index in [1.165, 1.54) is 4.73 Å². The molecule has 0 unspecified atom stereocenters. The zero-order valence-electron chi connectivity index (χ0n) is 11.4. The lowest BCUT2D eigenvalue weighted by Crippen LogP contribution is -2.15. The van der Waals surface area contributed by atoms with Crippen LogP contribution >= 0.6 is 12.2 Å². The molecule has 6 nitrogen and oxygen atoms in total. The zero-order chi connectivity index (χ0) is 14.6. The minimum absolute atomic E-state index is 0.000690. The maximum atomic E-state index is 8.69. The normalized spacial score (nSPS) is 10.5. The van der Waals surface area contributed by atoms with E-state index in [9.17, 15) is 0 Å². The van der Waals surface area contributed by atoms with Crippen LogP contribution in [0.5, 0.6) is 5.75 Å². The molecule has 0 aromatic carbocycles. The molecule has 0 bridgehead atoms. The number of ether oxygens (including phenoxy) is 2. The van der Waals surface area contributed by atoms with Crippen LogP contribution in [0, 0.1) is 4.64 Å². The van der Waals surface area contributed by atoms with E-state index in [1.54, 1.807) is 18.3 Å². The SMILES string of the molecule is OCCCCOn1cccc(OCCOCCO)c1=S. The molecular weight excluding hydrogens is 282 g/mol. The highest BCUT2D eigenvalue weighted by Gasteiger charge is 2.01. The zero-order valence-corrected chi connectivity index (χ0v) is 12.2. The first-order valence-corrected chi connectivity index (χ1v) is 6.97. The molecule has 1 aromatic rings. The average molecular weight is 303 g/mol. The van der Waals surface area contributed by atoms with Gasteiger partial charge in [0.1, 0.15) is 13.2 Å². The van der Waals surface area contributed by atoms with Gasteiger partial charge >= 0.3 is 0 Å². The Morgan fingerprint density at radius 3 is 2.65 bits per heavy atom. The summed E-state index contributed by atoms with van der Waals surface area (Å²) in [4.78, 5) is 5.48. The second kappa shape index (κ2) is 10.6. The van der Waals surface area contributed by atoms with Gasteiger partial charge in [-0.1, -0.05) is 12.2 Å².